The molecule has 0 radical (unpaired) electrons. The number of ether oxygens (including phenoxy) is 3. The maximum Gasteiger partial charge on any atom is 0.415 e. The van der Waals surface area contributed by atoms with Crippen LogP contribution in [0.15, 0.2) is 41.3 Å². The number of nitrogens with zero attached hydrogens (tertiary/aromatic N) is 2. The van der Waals surface area contributed by atoms with E-state index in [4.69, 9.17) is 14.2 Å². The molecule has 172 valence electrons. The number of nitrogens with one attached hydrogen (secondary N) is 1. The maximum atomic E-state index is 12.3. The van der Waals surface area contributed by atoms with E-state index >= 15 is 0 Å². The minimum atomic E-state index is -1.87. The first-order valence-corrected chi connectivity index (χ1v) is 9.57. The molecule has 0 bridgehead atoms. The Bertz CT molecular complexity index is 1050. The highest BCUT2D eigenvalue weighted by Gasteiger charge is 2.53. The van der Waals surface area contributed by atoms with Crippen molar-refractivity contribution in [3.8, 4) is 0 Å². The molecule has 32 heavy (non-hydrogen) atoms. The van der Waals surface area contributed by atoms with Crippen LogP contribution in [0, 0.1) is 6.92 Å². The highest BCUT2D eigenvalue weighted by molar-refractivity contribution is 5.91. The molecule has 0 saturated carbocycles. The standard InChI is InChI=1S/C20H23N3O9/c1-11-5-3-4-6-12(11)16(26)30-10-31-19(28)22-14-7-8-23(18(27)21-14)17-20(2,29)15(25)13(9-24)32-17/h3-8,13,15,17,24-25,29H,9-10H2,1-2H3,(H,21,22,27,28)/t13-,15-,17-,20-/m1/s1. The Morgan fingerprint density at radius 2 is 2.00 bits per heavy atom. The monoisotopic (exact) mass is 449 g/mol. The number of carbonyl (C=O) groups excluding carboxylic acids is 2. The maximum absolute atomic E-state index is 12.3. The first-order valence-electron chi connectivity index (χ1n) is 9.57. The molecule has 1 saturated heterocycles. The number of carbonyl (C=O) groups is 2. The summed E-state index contributed by atoms with van der Waals surface area (Å²) >= 11 is 0. The van der Waals surface area contributed by atoms with E-state index in [1.54, 1.807) is 31.2 Å². The number of aliphatic hydroxyl groups is 3. The van der Waals surface area contributed by atoms with Crippen molar-refractivity contribution >= 4 is 17.9 Å². The smallest absolute Gasteiger partial charge is 0.415 e. The molecule has 0 unspecified atom stereocenters. The van der Waals surface area contributed by atoms with E-state index in [2.05, 4.69) is 10.3 Å². The van der Waals surface area contributed by atoms with Crippen molar-refractivity contribution in [3.05, 3.63) is 58.1 Å². The van der Waals surface area contributed by atoms with Gasteiger partial charge in [-0.05, 0) is 31.5 Å². The highest BCUT2D eigenvalue weighted by Crippen LogP contribution is 2.37. The molecule has 1 aromatic carbocycles. The van der Waals surface area contributed by atoms with E-state index in [0.29, 0.717) is 11.1 Å². The second-order valence-electron chi connectivity index (χ2n) is 7.30. The lowest BCUT2D eigenvalue weighted by molar-refractivity contribution is -0.0986. The van der Waals surface area contributed by atoms with Crippen molar-refractivity contribution < 1.29 is 39.1 Å². The van der Waals surface area contributed by atoms with Crippen LogP contribution < -0.4 is 11.0 Å². The summed E-state index contributed by atoms with van der Waals surface area (Å²) in [4.78, 5) is 39.9. The molecule has 2 heterocycles. The number of rotatable bonds is 6. The summed E-state index contributed by atoms with van der Waals surface area (Å²) in [6, 6.07) is 7.98. The fourth-order valence-electron chi connectivity index (χ4n) is 3.21. The zero-order valence-electron chi connectivity index (χ0n) is 17.3. The summed E-state index contributed by atoms with van der Waals surface area (Å²) in [7, 11) is 0. The predicted molar refractivity (Wildman–Crippen MR) is 108 cm³/mol. The topological polar surface area (TPSA) is 169 Å². The third kappa shape index (κ3) is 4.78. The van der Waals surface area contributed by atoms with Gasteiger partial charge in [-0.15, -0.1) is 0 Å². The van der Waals surface area contributed by atoms with E-state index in [1.165, 1.54) is 19.2 Å². The van der Waals surface area contributed by atoms with Gasteiger partial charge in [-0.25, -0.2) is 14.4 Å². The van der Waals surface area contributed by atoms with Crippen molar-refractivity contribution in [1.82, 2.24) is 9.55 Å². The Hall–Kier alpha value is -3.32. The molecule has 1 aliphatic rings. The van der Waals surface area contributed by atoms with E-state index in [-0.39, 0.29) is 5.82 Å². The summed E-state index contributed by atoms with van der Waals surface area (Å²) in [6.07, 6.45) is -3.66. The molecule has 12 nitrogen and oxygen atoms in total. The molecule has 1 aliphatic heterocycles. The van der Waals surface area contributed by atoms with E-state index in [1.807, 2.05) is 0 Å². The quantitative estimate of drug-likeness (QED) is 0.345. The number of aromatic nitrogens is 2. The number of benzene rings is 1. The average molecular weight is 449 g/mol. The van der Waals surface area contributed by atoms with Crippen LogP contribution in [0.4, 0.5) is 10.6 Å². The van der Waals surface area contributed by atoms with Crippen LogP contribution in [0.3, 0.4) is 0 Å². The minimum Gasteiger partial charge on any atom is -0.424 e. The van der Waals surface area contributed by atoms with Crippen molar-refractivity contribution in [2.24, 2.45) is 0 Å². The Labute approximate surface area is 182 Å². The summed E-state index contributed by atoms with van der Waals surface area (Å²) < 4.78 is 15.9. The predicted octanol–water partition coefficient (Wildman–Crippen LogP) is -0.0837. The molecule has 0 spiro atoms. The number of hydrogen-bond acceptors (Lipinski definition) is 10. The molecule has 4 atom stereocenters. The third-order valence-electron chi connectivity index (χ3n) is 4.99. The van der Waals surface area contributed by atoms with Crippen LogP contribution in [-0.2, 0) is 14.2 Å². The zero-order chi connectivity index (χ0) is 23.5. The second-order valence-corrected chi connectivity index (χ2v) is 7.30. The molecule has 1 fully saturated rings. The Morgan fingerprint density at radius 3 is 2.62 bits per heavy atom. The van der Waals surface area contributed by atoms with Crippen LogP contribution in [0.25, 0.3) is 0 Å². The molecular weight excluding hydrogens is 426 g/mol. The molecular formula is C20H23N3O9. The SMILES string of the molecule is Cc1ccccc1C(=O)OCOC(=O)Nc1ccn([C@@H]2O[C@H](CO)[C@@H](O)[C@@]2(C)O)c(=O)n1. The number of aryl methyl sites for hydroxylation is 1. The van der Waals surface area contributed by atoms with Crippen LogP contribution in [-0.4, -0.2) is 68.1 Å². The number of aliphatic hydroxyl groups excluding tert-OH is 2. The van der Waals surface area contributed by atoms with E-state index < -0.39 is 55.2 Å². The molecule has 0 aliphatic carbocycles. The lowest BCUT2D eigenvalue weighted by Gasteiger charge is -2.27. The number of hydrogen-bond donors (Lipinski definition) is 4. The van der Waals surface area contributed by atoms with Gasteiger partial charge >= 0.3 is 17.8 Å². The summed E-state index contributed by atoms with van der Waals surface area (Å²) in [5.41, 5.74) is -1.73. The number of esters is 1. The average Bonchev–Trinajstić information content (AvgIpc) is 2.97. The van der Waals surface area contributed by atoms with Gasteiger partial charge in [0.1, 0.15) is 23.6 Å². The molecule has 2 aromatic rings. The number of amides is 1. The van der Waals surface area contributed by atoms with Gasteiger partial charge in [0.25, 0.3) is 0 Å². The Morgan fingerprint density at radius 1 is 1.28 bits per heavy atom. The summed E-state index contributed by atoms with van der Waals surface area (Å²) in [5, 5.41) is 31.9. The zero-order valence-corrected chi connectivity index (χ0v) is 17.3. The van der Waals surface area contributed by atoms with Crippen molar-refractivity contribution in [1.29, 1.82) is 0 Å². The lowest BCUT2D eigenvalue weighted by atomic mass is 9.96. The number of anilines is 1. The van der Waals surface area contributed by atoms with Gasteiger partial charge in [0.2, 0.25) is 6.79 Å². The fourth-order valence-corrected chi connectivity index (χ4v) is 3.21. The summed E-state index contributed by atoms with van der Waals surface area (Å²) in [6.45, 7) is 1.77. The third-order valence-corrected chi connectivity index (χ3v) is 4.99. The van der Waals surface area contributed by atoms with Crippen molar-refractivity contribution in [2.75, 3.05) is 18.7 Å². The van der Waals surface area contributed by atoms with E-state index in [9.17, 15) is 29.7 Å². The Balaban J connectivity index is 1.58. The largest absolute Gasteiger partial charge is 0.424 e. The van der Waals surface area contributed by atoms with Crippen molar-refractivity contribution in [2.45, 2.75) is 37.9 Å². The van der Waals surface area contributed by atoms with Gasteiger partial charge in [-0.1, -0.05) is 18.2 Å². The molecule has 3 rings (SSSR count). The highest BCUT2D eigenvalue weighted by atomic mass is 16.7. The Kier molecular flexibility index (Phi) is 6.89. The van der Waals surface area contributed by atoms with Crippen LogP contribution in [0.5, 0.6) is 0 Å². The van der Waals surface area contributed by atoms with Gasteiger partial charge in [0, 0.05) is 6.20 Å². The lowest BCUT2D eigenvalue weighted by Crippen LogP contribution is -2.46. The molecule has 4 N–H and O–H groups in total. The minimum absolute atomic E-state index is 0.168. The van der Waals surface area contributed by atoms with Crippen LogP contribution in [0.2, 0.25) is 0 Å². The van der Waals surface area contributed by atoms with Gasteiger partial charge in [-0.2, -0.15) is 4.98 Å². The van der Waals surface area contributed by atoms with Crippen molar-refractivity contribution in [3.63, 3.8) is 0 Å². The summed E-state index contributed by atoms with van der Waals surface area (Å²) in [5.74, 6) is -0.831. The van der Waals surface area contributed by atoms with Gasteiger partial charge in [0.15, 0.2) is 6.23 Å². The van der Waals surface area contributed by atoms with Crippen LogP contribution in [0.1, 0.15) is 29.1 Å². The van der Waals surface area contributed by atoms with Crippen LogP contribution >= 0.6 is 0 Å². The molecule has 1 amide bonds. The molecule has 1 aromatic heterocycles. The van der Waals surface area contributed by atoms with Gasteiger partial charge < -0.3 is 29.5 Å². The van der Waals surface area contributed by atoms with E-state index in [0.717, 1.165) is 4.57 Å². The second kappa shape index (κ2) is 9.44. The van der Waals surface area contributed by atoms with Gasteiger partial charge in [-0.3, -0.25) is 9.88 Å². The molecule has 12 heteroatoms. The normalized spacial score (nSPS) is 24.7. The first kappa shape index (κ1) is 23.3. The van der Waals surface area contributed by atoms with Gasteiger partial charge in [0.05, 0.1) is 12.2 Å². The first-order chi connectivity index (χ1) is 15.1. The fraction of sp³-hybridized carbons (Fsp3) is 0.400.